The highest BCUT2D eigenvalue weighted by Crippen LogP contribution is 2.35. The second-order valence-electron chi connectivity index (χ2n) is 8.97. The van der Waals surface area contributed by atoms with Crippen LogP contribution >= 0.6 is 11.9 Å². The predicted molar refractivity (Wildman–Crippen MR) is 132 cm³/mol. The summed E-state index contributed by atoms with van der Waals surface area (Å²) in [6.07, 6.45) is 2.21. The fourth-order valence-corrected chi connectivity index (χ4v) is 5.51. The molecule has 0 amide bonds. The van der Waals surface area contributed by atoms with Crippen LogP contribution < -0.4 is 5.32 Å². The van der Waals surface area contributed by atoms with Gasteiger partial charge in [0.2, 0.25) is 5.95 Å². The van der Waals surface area contributed by atoms with Crippen molar-refractivity contribution >= 4 is 28.9 Å². The molecule has 11 heteroatoms. The second-order valence-corrected chi connectivity index (χ2v) is 10.6. The normalized spacial score (nSPS) is 16.5. The fourth-order valence-electron chi connectivity index (χ4n) is 4.49. The van der Waals surface area contributed by atoms with Crippen molar-refractivity contribution in [2.75, 3.05) is 18.4 Å². The molecule has 1 unspecified atom stereocenters. The van der Waals surface area contributed by atoms with Gasteiger partial charge >= 0.3 is 6.18 Å². The third kappa shape index (κ3) is 5.70. The molecule has 0 aromatic carbocycles. The van der Waals surface area contributed by atoms with Gasteiger partial charge in [0.05, 0.1) is 23.0 Å². The Morgan fingerprint density at radius 3 is 2.63 bits per heavy atom. The zero-order chi connectivity index (χ0) is 25.2. The molecule has 4 rings (SSSR count). The van der Waals surface area contributed by atoms with Gasteiger partial charge in [0.15, 0.2) is 0 Å². The minimum Gasteiger partial charge on any atom is -0.351 e. The molecule has 186 valence electrons. The van der Waals surface area contributed by atoms with E-state index >= 15 is 0 Å². The lowest BCUT2D eigenvalue weighted by Crippen LogP contribution is -2.38. The van der Waals surface area contributed by atoms with Crippen molar-refractivity contribution in [3.05, 3.63) is 35.8 Å². The highest BCUT2D eigenvalue weighted by molar-refractivity contribution is 7.97. The summed E-state index contributed by atoms with van der Waals surface area (Å²) in [5, 5.41) is 13.9. The smallest absolute Gasteiger partial charge is 0.351 e. The largest absolute Gasteiger partial charge is 0.417 e. The van der Waals surface area contributed by atoms with Crippen LogP contribution in [0.3, 0.4) is 0 Å². The van der Waals surface area contributed by atoms with Gasteiger partial charge in [0.25, 0.3) is 0 Å². The molecule has 4 heterocycles. The quantitative estimate of drug-likeness (QED) is 0.390. The molecule has 0 radical (unpaired) electrons. The monoisotopic (exact) mass is 503 g/mol. The lowest BCUT2D eigenvalue weighted by atomic mass is 9.89. The first-order valence-electron chi connectivity index (χ1n) is 11.7. The van der Waals surface area contributed by atoms with Crippen LogP contribution in [0.4, 0.5) is 19.1 Å². The summed E-state index contributed by atoms with van der Waals surface area (Å²) < 4.78 is 42.2. The number of anilines is 1. The van der Waals surface area contributed by atoms with Crippen LogP contribution in [0.25, 0.3) is 22.3 Å². The van der Waals surface area contributed by atoms with Crippen LogP contribution in [0.1, 0.15) is 51.2 Å². The highest BCUT2D eigenvalue weighted by Gasteiger charge is 2.32. The number of nitriles is 1. The first-order valence-corrected chi connectivity index (χ1v) is 12.5. The summed E-state index contributed by atoms with van der Waals surface area (Å²) in [6.45, 7) is 8.55. The van der Waals surface area contributed by atoms with Gasteiger partial charge in [-0.1, -0.05) is 32.7 Å². The molecular weight excluding hydrogens is 475 g/mol. The van der Waals surface area contributed by atoms with Crippen LogP contribution in [-0.2, 0) is 6.18 Å². The maximum atomic E-state index is 13.3. The number of nitrogens with zero attached hydrogens (tertiary/aromatic N) is 5. The van der Waals surface area contributed by atoms with Crippen molar-refractivity contribution in [2.45, 2.75) is 57.5 Å². The molecule has 0 bridgehead atoms. The highest BCUT2D eigenvalue weighted by atomic mass is 32.2. The third-order valence-electron chi connectivity index (χ3n) is 6.20. The predicted octanol–water partition coefficient (Wildman–Crippen LogP) is 5.87. The van der Waals surface area contributed by atoms with Crippen molar-refractivity contribution in [2.24, 2.45) is 5.92 Å². The standard InChI is InChI=1S/C24H28F3N7S/c1-4-20(15-5-7-34(8-6-15)35-14(2)3)32-23-31-11-16(10-28)21(33-23)19-13-30-22-18(19)9-17(12-29-22)24(25,26)27/h9,11-15,20H,4-8H2,1-3H3,(H,29,30)(H,31,32,33). The van der Waals surface area contributed by atoms with E-state index in [9.17, 15) is 18.4 Å². The van der Waals surface area contributed by atoms with Gasteiger partial charge in [-0.2, -0.15) is 18.4 Å². The molecule has 1 saturated heterocycles. The Bertz CT molecular complexity index is 1210. The number of hydrogen-bond acceptors (Lipinski definition) is 7. The van der Waals surface area contributed by atoms with Crippen LogP contribution in [0.15, 0.2) is 24.7 Å². The third-order valence-corrected chi connectivity index (χ3v) is 7.29. The topological polar surface area (TPSA) is 93.5 Å². The van der Waals surface area contributed by atoms with Gasteiger partial charge in [0, 0.05) is 47.7 Å². The van der Waals surface area contributed by atoms with Crippen LogP contribution in [-0.4, -0.2) is 48.6 Å². The number of alkyl halides is 3. The number of rotatable bonds is 7. The van der Waals surface area contributed by atoms with E-state index in [0.29, 0.717) is 28.3 Å². The Kier molecular flexibility index (Phi) is 7.52. The minimum atomic E-state index is -4.52. The van der Waals surface area contributed by atoms with Crippen molar-refractivity contribution in [3.8, 4) is 17.3 Å². The summed E-state index contributed by atoms with van der Waals surface area (Å²) in [5.41, 5.74) is 0.274. The molecule has 7 nitrogen and oxygen atoms in total. The second kappa shape index (κ2) is 10.4. The Morgan fingerprint density at radius 2 is 2.00 bits per heavy atom. The van der Waals surface area contributed by atoms with Crippen LogP contribution in [0.2, 0.25) is 0 Å². The molecular formula is C24H28F3N7S. The lowest BCUT2D eigenvalue weighted by molar-refractivity contribution is -0.137. The number of hydrogen-bond donors (Lipinski definition) is 2. The summed E-state index contributed by atoms with van der Waals surface area (Å²) in [7, 11) is 0. The van der Waals surface area contributed by atoms with Crippen molar-refractivity contribution in [1.82, 2.24) is 24.2 Å². The molecule has 0 aliphatic carbocycles. The SMILES string of the molecule is CCC(Nc1ncc(C#N)c(-c2c[nH]c3ncc(C(F)(F)F)cc23)n1)C1CCN(SC(C)C)CC1. The Balaban J connectivity index is 1.60. The number of halogens is 3. The molecule has 1 aliphatic rings. The number of nitrogens with one attached hydrogen (secondary N) is 2. The minimum absolute atomic E-state index is 0.156. The van der Waals surface area contributed by atoms with E-state index < -0.39 is 11.7 Å². The van der Waals surface area contributed by atoms with E-state index in [1.165, 1.54) is 12.4 Å². The molecule has 3 aromatic rings. The number of pyridine rings is 1. The van der Waals surface area contributed by atoms with E-state index in [-0.39, 0.29) is 22.7 Å². The summed E-state index contributed by atoms with van der Waals surface area (Å²) in [5.74, 6) is 0.817. The number of aromatic nitrogens is 4. The maximum Gasteiger partial charge on any atom is 0.417 e. The first kappa shape index (κ1) is 25.3. The van der Waals surface area contributed by atoms with E-state index in [1.807, 2.05) is 11.9 Å². The number of H-pyrrole nitrogens is 1. The molecule has 1 aliphatic heterocycles. The van der Waals surface area contributed by atoms with Crippen LogP contribution in [0, 0.1) is 17.2 Å². The average Bonchev–Trinajstić information content (AvgIpc) is 3.25. The van der Waals surface area contributed by atoms with Gasteiger partial charge in [-0.25, -0.2) is 15.0 Å². The lowest BCUT2D eigenvalue weighted by Gasteiger charge is -2.36. The molecule has 1 atom stereocenters. The Hall–Kier alpha value is -2.84. The zero-order valence-electron chi connectivity index (χ0n) is 19.9. The first-order chi connectivity index (χ1) is 16.7. The maximum absolute atomic E-state index is 13.3. The number of aromatic amines is 1. The molecule has 0 saturated carbocycles. The van der Waals surface area contributed by atoms with E-state index in [2.05, 4.69) is 56.4 Å². The van der Waals surface area contributed by atoms with Crippen molar-refractivity contribution in [1.29, 1.82) is 5.26 Å². The Labute approximate surface area is 206 Å². The molecule has 35 heavy (non-hydrogen) atoms. The van der Waals surface area contributed by atoms with Crippen LogP contribution in [0.5, 0.6) is 0 Å². The summed E-state index contributed by atoms with van der Waals surface area (Å²) in [4.78, 5) is 15.7. The molecule has 1 fully saturated rings. The fraction of sp³-hybridized carbons (Fsp3) is 0.500. The summed E-state index contributed by atoms with van der Waals surface area (Å²) in [6, 6.07) is 3.24. The van der Waals surface area contributed by atoms with Gasteiger partial charge in [-0.05, 0) is 31.2 Å². The van der Waals surface area contributed by atoms with E-state index in [4.69, 9.17) is 0 Å². The number of piperidine rings is 1. The van der Waals surface area contributed by atoms with Crippen molar-refractivity contribution in [3.63, 3.8) is 0 Å². The van der Waals surface area contributed by atoms with Gasteiger partial charge in [-0.15, -0.1) is 0 Å². The summed E-state index contributed by atoms with van der Waals surface area (Å²) >= 11 is 1.89. The van der Waals surface area contributed by atoms with Gasteiger partial charge in [-0.3, -0.25) is 4.31 Å². The van der Waals surface area contributed by atoms with Gasteiger partial charge < -0.3 is 10.3 Å². The molecule has 3 aromatic heterocycles. The van der Waals surface area contributed by atoms with Crippen molar-refractivity contribution < 1.29 is 13.2 Å². The van der Waals surface area contributed by atoms with E-state index in [1.54, 1.807) is 0 Å². The van der Waals surface area contributed by atoms with Gasteiger partial charge in [0.1, 0.15) is 11.7 Å². The molecule has 0 spiro atoms. The average molecular weight is 504 g/mol. The number of fused-ring (bicyclic) bond motifs is 1. The molecule has 2 N–H and O–H groups in total. The Morgan fingerprint density at radius 1 is 1.26 bits per heavy atom. The zero-order valence-corrected chi connectivity index (χ0v) is 20.7. The van der Waals surface area contributed by atoms with E-state index in [0.717, 1.165) is 44.6 Å².